The lowest BCUT2D eigenvalue weighted by Crippen LogP contribution is -2.38. The summed E-state index contributed by atoms with van der Waals surface area (Å²) in [6.07, 6.45) is 9.13. The van der Waals surface area contributed by atoms with E-state index in [0.29, 0.717) is 46.3 Å². The molecule has 0 amide bonds. The number of aromatic nitrogens is 2. The first-order valence-electron chi connectivity index (χ1n) is 14.2. The Balaban J connectivity index is 1.53. The predicted molar refractivity (Wildman–Crippen MR) is 160 cm³/mol. The summed E-state index contributed by atoms with van der Waals surface area (Å²) in [5.41, 5.74) is 11.5. The molecule has 8 nitrogen and oxygen atoms in total. The van der Waals surface area contributed by atoms with E-state index in [0.717, 1.165) is 29.4 Å². The number of pyridine rings is 2. The standard InChI is InChI=1S/C32H33FN8/c1-32(2,3)19-37-29-22(15-34)17-36-31-26(21-5-4-12-35-16-21)13-24(14-27(29)31)38-30(20-6-8-23(33)9-7-20)28-18-41(40-39-28)25-10-11-25/h4-9,12-14,16-18,25,30,38-40H,10-11,19H2,1-3H3,(H,36,37)/i30D. The van der Waals surface area contributed by atoms with Gasteiger partial charge < -0.3 is 16.1 Å². The average molecular weight is 550 g/mol. The number of nitriles is 1. The van der Waals surface area contributed by atoms with Crippen LogP contribution in [0.1, 0.15) is 52.1 Å². The monoisotopic (exact) mass is 549 g/mol. The first-order chi connectivity index (χ1) is 20.1. The molecule has 1 fully saturated rings. The van der Waals surface area contributed by atoms with Gasteiger partial charge in [0.15, 0.2) is 0 Å². The topological polar surface area (TPSA) is 101 Å². The highest BCUT2D eigenvalue weighted by Gasteiger charge is 2.32. The number of halogens is 1. The Morgan fingerprint density at radius 2 is 2.00 bits per heavy atom. The van der Waals surface area contributed by atoms with Crippen LogP contribution in [0.5, 0.6) is 0 Å². The van der Waals surface area contributed by atoms with Gasteiger partial charge in [0.2, 0.25) is 0 Å². The van der Waals surface area contributed by atoms with Crippen LogP contribution in [0.3, 0.4) is 0 Å². The molecule has 0 spiro atoms. The molecule has 2 aliphatic rings. The minimum atomic E-state index is -1.51. The van der Waals surface area contributed by atoms with Crippen LogP contribution in [-0.2, 0) is 0 Å². The van der Waals surface area contributed by atoms with Gasteiger partial charge in [-0.3, -0.25) is 15.0 Å². The van der Waals surface area contributed by atoms with Crippen molar-refractivity contribution in [3.63, 3.8) is 0 Å². The van der Waals surface area contributed by atoms with Gasteiger partial charge in [0.25, 0.3) is 0 Å². The molecule has 1 unspecified atom stereocenters. The van der Waals surface area contributed by atoms with Crippen LogP contribution in [0.15, 0.2) is 79.0 Å². The van der Waals surface area contributed by atoms with E-state index in [1.807, 2.05) is 35.5 Å². The number of hydrogen-bond acceptors (Lipinski definition) is 8. The minimum absolute atomic E-state index is 0.0374. The van der Waals surface area contributed by atoms with Gasteiger partial charge in [0.05, 0.1) is 29.9 Å². The van der Waals surface area contributed by atoms with E-state index in [-0.39, 0.29) is 11.2 Å². The zero-order valence-corrected chi connectivity index (χ0v) is 23.3. The molecule has 1 saturated carbocycles. The average Bonchev–Trinajstić information content (AvgIpc) is 3.71. The van der Waals surface area contributed by atoms with Gasteiger partial charge in [-0.1, -0.05) is 39.0 Å². The van der Waals surface area contributed by atoms with E-state index in [2.05, 4.69) is 53.4 Å². The predicted octanol–water partition coefficient (Wildman–Crippen LogP) is 6.25. The third-order valence-electron chi connectivity index (χ3n) is 7.06. The van der Waals surface area contributed by atoms with Crippen LogP contribution in [0.4, 0.5) is 15.8 Å². The molecular weight excluding hydrogens is 515 g/mol. The number of hydrogen-bond donors (Lipinski definition) is 4. The van der Waals surface area contributed by atoms with Crippen molar-refractivity contribution in [2.45, 2.75) is 45.7 Å². The Hall–Kier alpha value is -4.68. The van der Waals surface area contributed by atoms with Gasteiger partial charge in [-0.2, -0.15) is 5.26 Å². The number of nitrogens with one attached hydrogen (secondary N) is 4. The van der Waals surface area contributed by atoms with E-state index in [1.165, 1.54) is 12.1 Å². The van der Waals surface area contributed by atoms with Crippen LogP contribution in [0.25, 0.3) is 22.0 Å². The number of anilines is 2. The van der Waals surface area contributed by atoms with Crippen LogP contribution in [0.2, 0.25) is 0 Å². The second-order valence-electron chi connectivity index (χ2n) is 11.7. The zero-order valence-electron chi connectivity index (χ0n) is 24.3. The smallest absolute Gasteiger partial charge is 0.123 e. The molecule has 2 aromatic heterocycles. The van der Waals surface area contributed by atoms with E-state index in [4.69, 9.17) is 4.98 Å². The summed E-state index contributed by atoms with van der Waals surface area (Å²) < 4.78 is 23.7. The fourth-order valence-corrected chi connectivity index (χ4v) is 4.81. The minimum Gasteiger partial charge on any atom is -0.383 e. The van der Waals surface area contributed by atoms with Crippen LogP contribution < -0.4 is 21.6 Å². The van der Waals surface area contributed by atoms with Gasteiger partial charge in [-0.05, 0) is 54.2 Å². The van der Waals surface area contributed by atoms with E-state index in [1.54, 1.807) is 30.7 Å². The van der Waals surface area contributed by atoms with Gasteiger partial charge in [-0.25, -0.2) is 4.39 Å². The highest BCUT2D eigenvalue weighted by atomic mass is 19.1. The molecule has 9 heteroatoms. The quantitative estimate of drug-likeness (QED) is 0.205. The second-order valence-corrected chi connectivity index (χ2v) is 11.7. The Kier molecular flexibility index (Phi) is 6.61. The van der Waals surface area contributed by atoms with Crippen molar-refractivity contribution in [2.24, 2.45) is 5.41 Å². The maximum Gasteiger partial charge on any atom is 0.123 e. The molecule has 1 aliphatic heterocycles. The molecule has 6 rings (SSSR count). The van der Waals surface area contributed by atoms with E-state index >= 15 is 0 Å². The lowest BCUT2D eigenvalue weighted by molar-refractivity contribution is 0.260. The summed E-state index contributed by atoms with van der Waals surface area (Å²) in [6.45, 7) is 7.02. The number of nitrogens with zero attached hydrogens (tertiary/aromatic N) is 4. The van der Waals surface area contributed by atoms with Crippen molar-refractivity contribution in [2.75, 3.05) is 17.2 Å². The molecule has 208 valence electrons. The van der Waals surface area contributed by atoms with E-state index < -0.39 is 6.02 Å². The lowest BCUT2D eigenvalue weighted by atomic mass is 9.95. The van der Waals surface area contributed by atoms with Crippen LogP contribution in [-0.4, -0.2) is 27.6 Å². The highest BCUT2D eigenvalue weighted by Crippen LogP contribution is 2.38. The maximum atomic E-state index is 14.0. The number of rotatable bonds is 8. The Morgan fingerprint density at radius 1 is 1.20 bits per heavy atom. The molecule has 4 aromatic rings. The summed E-state index contributed by atoms with van der Waals surface area (Å²) >= 11 is 0. The SMILES string of the molecule is [2H]C(Nc1cc(-c2cccnc2)c2ncc(C#N)c(NCC(C)(C)C)c2c1)(C1=CN(C2CC2)NN1)c1ccc(F)cc1. The largest absolute Gasteiger partial charge is 0.383 e. The normalized spacial score (nSPS) is 16.8. The van der Waals surface area contributed by atoms with E-state index in [9.17, 15) is 11.0 Å². The van der Waals surface area contributed by atoms with Crippen molar-refractivity contribution in [1.29, 1.82) is 5.26 Å². The Morgan fingerprint density at radius 3 is 2.68 bits per heavy atom. The Labute approximate surface area is 240 Å². The molecular formula is C32H33FN8. The van der Waals surface area contributed by atoms with Crippen molar-refractivity contribution in [3.8, 4) is 17.2 Å². The van der Waals surface area contributed by atoms with Crippen LogP contribution in [0, 0.1) is 22.6 Å². The second kappa shape index (κ2) is 10.7. The van der Waals surface area contributed by atoms with Gasteiger partial charge in [-0.15, -0.1) is 5.53 Å². The molecule has 1 aliphatic carbocycles. The summed E-state index contributed by atoms with van der Waals surface area (Å²) in [7, 11) is 0. The fourth-order valence-electron chi connectivity index (χ4n) is 4.81. The molecule has 2 aromatic carbocycles. The molecule has 0 bridgehead atoms. The van der Waals surface area contributed by atoms with Gasteiger partial charge >= 0.3 is 0 Å². The van der Waals surface area contributed by atoms with Crippen molar-refractivity contribution < 1.29 is 5.76 Å². The molecule has 0 saturated heterocycles. The fraction of sp³-hybridized carbons (Fsp3) is 0.281. The summed E-state index contributed by atoms with van der Waals surface area (Å²) in [4.78, 5) is 9.03. The molecule has 41 heavy (non-hydrogen) atoms. The zero-order chi connectivity index (χ0) is 29.5. The van der Waals surface area contributed by atoms with Gasteiger partial charge in [0, 0.05) is 59.6 Å². The number of benzene rings is 2. The third kappa shape index (κ3) is 5.79. The Bertz CT molecular complexity index is 1690. The molecule has 3 heterocycles. The van der Waals surface area contributed by atoms with Crippen molar-refractivity contribution >= 4 is 22.3 Å². The van der Waals surface area contributed by atoms with Gasteiger partial charge in [0.1, 0.15) is 11.9 Å². The summed E-state index contributed by atoms with van der Waals surface area (Å²) in [5.74, 6) is -0.374. The lowest BCUT2D eigenvalue weighted by Gasteiger charge is -2.24. The van der Waals surface area contributed by atoms with Crippen LogP contribution >= 0.6 is 0 Å². The molecule has 1 atom stereocenters. The first kappa shape index (κ1) is 25.3. The number of hydrazine groups is 2. The molecule has 4 N–H and O–H groups in total. The summed E-state index contributed by atoms with van der Waals surface area (Å²) in [6, 6.07) is 14.8. The third-order valence-corrected chi connectivity index (χ3v) is 7.06. The summed E-state index contributed by atoms with van der Waals surface area (Å²) in [5, 5.41) is 19.7. The highest BCUT2D eigenvalue weighted by molar-refractivity contribution is 6.04. The first-order valence-corrected chi connectivity index (χ1v) is 13.7. The number of fused-ring (bicyclic) bond motifs is 1. The molecule has 0 radical (unpaired) electrons. The maximum absolute atomic E-state index is 14.0. The van der Waals surface area contributed by atoms with Crippen molar-refractivity contribution in [3.05, 3.63) is 96.0 Å². The van der Waals surface area contributed by atoms with Crippen molar-refractivity contribution in [1.82, 2.24) is 25.9 Å².